The van der Waals surface area contributed by atoms with Gasteiger partial charge in [-0.15, -0.1) is 0 Å². The third kappa shape index (κ3) is 5.46. The maximum absolute atomic E-state index is 12.7. The summed E-state index contributed by atoms with van der Waals surface area (Å²) in [5.74, 6) is -0.327. The van der Waals surface area contributed by atoms with Crippen LogP contribution in [-0.4, -0.2) is 40.1 Å². The van der Waals surface area contributed by atoms with Crippen LogP contribution < -0.4 is 19.5 Å². The van der Waals surface area contributed by atoms with E-state index >= 15 is 0 Å². The van der Waals surface area contributed by atoms with E-state index in [1.54, 1.807) is 12.1 Å². The molecule has 0 saturated heterocycles. The molecule has 0 aromatic heterocycles. The highest BCUT2D eigenvalue weighted by Gasteiger charge is 2.20. The van der Waals surface area contributed by atoms with Crippen LogP contribution in [0.25, 0.3) is 0 Å². The standard InChI is InChI=1S/C24H22N2O7S/c1-16-4-2-3-5-20(16)25-23(27)15-33-24(28)17-6-8-18(9-7-17)26-34(29,30)19-10-11-21-22(14-19)32-13-12-31-21/h2-11,14,26H,12-13,15H2,1H3,(H,25,27). The molecule has 1 aliphatic heterocycles. The highest BCUT2D eigenvalue weighted by atomic mass is 32.2. The average molecular weight is 483 g/mol. The lowest BCUT2D eigenvalue weighted by atomic mass is 10.2. The zero-order chi connectivity index (χ0) is 24.1. The van der Waals surface area contributed by atoms with Gasteiger partial charge in [0.15, 0.2) is 18.1 Å². The zero-order valence-corrected chi connectivity index (χ0v) is 19.1. The Morgan fingerprint density at radius 3 is 2.38 bits per heavy atom. The van der Waals surface area contributed by atoms with Gasteiger partial charge in [0, 0.05) is 17.4 Å². The molecule has 3 aromatic carbocycles. The summed E-state index contributed by atoms with van der Waals surface area (Å²) in [6, 6.07) is 17.3. The maximum Gasteiger partial charge on any atom is 0.338 e. The van der Waals surface area contributed by atoms with Gasteiger partial charge in [-0.05, 0) is 55.0 Å². The van der Waals surface area contributed by atoms with E-state index in [2.05, 4.69) is 10.0 Å². The number of aryl methyl sites for hydroxylation is 1. The molecule has 2 N–H and O–H groups in total. The minimum atomic E-state index is -3.89. The Hall–Kier alpha value is -4.05. The van der Waals surface area contributed by atoms with Crippen LogP contribution in [0, 0.1) is 6.92 Å². The van der Waals surface area contributed by atoms with Gasteiger partial charge < -0.3 is 19.5 Å². The molecule has 176 valence electrons. The Bertz CT molecular complexity index is 1320. The van der Waals surface area contributed by atoms with Crippen molar-refractivity contribution in [1.29, 1.82) is 0 Å². The van der Waals surface area contributed by atoms with E-state index in [4.69, 9.17) is 14.2 Å². The van der Waals surface area contributed by atoms with Crippen molar-refractivity contribution < 1.29 is 32.2 Å². The number of esters is 1. The normalized spacial score (nSPS) is 12.5. The molecule has 0 spiro atoms. The Morgan fingerprint density at radius 2 is 1.65 bits per heavy atom. The first kappa shape index (κ1) is 23.1. The van der Waals surface area contributed by atoms with E-state index in [9.17, 15) is 18.0 Å². The number of hydrogen-bond donors (Lipinski definition) is 2. The van der Waals surface area contributed by atoms with E-state index in [-0.39, 0.29) is 16.1 Å². The van der Waals surface area contributed by atoms with Crippen LogP contribution in [0.1, 0.15) is 15.9 Å². The smallest absolute Gasteiger partial charge is 0.338 e. The van der Waals surface area contributed by atoms with Crippen LogP contribution in [0.4, 0.5) is 11.4 Å². The summed E-state index contributed by atoms with van der Waals surface area (Å²) < 4.78 is 43.8. The van der Waals surface area contributed by atoms with Crippen molar-refractivity contribution in [2.45, 2.75) is 11.8 Å². The highest BCUT2D eigenvalue weighted by molar-refractivity contribution is 7.92. The van der Waals surface area contributed by atoms with Crippen LogP contribution in [0.2, 0.25) is 0 Å². The first-order chi connectivity index (χ1) is 16.3. The minimum Gasteiger partial charge on any atom is -0.486 e. The second-order valence-electron chi connectivity index (χ2n) is 7.43. The molecule has 3 aromatic rings. The topological polar surface area (TPSA) is 120 Å². The molecule has 0 fully saturated rings. The first-order valence-electron chi connectivity index (χ1n) is 10.4. The van der Waals surface area contributed by atoms with Crippen LogP contribution in [0.15, 0.2) is 71.6 Å². The molecule has 1 heterocycles. The van der Waals surface area contributed by atoms with Gasteiger partial charge >= 0.3 is 5.97 Å². The molecule has 0 saturated carbocycles. The highest BCUT2D eigenvalue weighted by Crippen LogP contribution is 2.32. The van der Waals surface area contributed by atoms with Crippen molar-refractivity contribution in [2.75, 3.05) is 29.9 Å². The molecule has 0 radical (unpaired) electrons. The summed E-state index contributed by atoms with van der Waals surface area (Å²) >= 11 is 0. The molecule has 4 rings (SSSR count). The van der Waals surface area contributed by atoms with Gasteiger partial charge in [0.1, 0.15) is 13.2 Å². The van der Waals surface area contributed by atoms with E-state index in [0.29, 0.717) is 30.4 Å². The number of ether oxygens (including phenoxy) is 3. The van der Waals surface area contributed by atoms with Crippen molar-refractivity contribution >= 4 is 33.3 Å². The lowest BCUT2D eigenvalue weighted by molar-refractivity contribution is -0.119. The number of nitrogens with one attached hydrogen (secondary N) is 2. The lowest BCUT2D eigenvalue weighted by Gasteiger charge is -2.19. The second kappa shape index (κ2) is 9.84. The quantitative estimate of drug-likeness (QED) is 0.496. The van der Waals surface area contributed by atoms with Gasteiger partial charge in [0.05, 0.1) is 10.5 Å². The number of carbonyl (C=O) groups is 2. The number of benzene rings is 3. The third-order valence-corrected chi connectivity index (χ3v) is 6.33. The van der Waals surface area contributed by atoms with Crippen molar-refractivity contribution in [2.24, 2.45) is 0 Å². The van der Waals surface area contributed by atoms with E-state index in [1.807, 2.05) is 19.1 Å². The van der Waals surface area contributed by atoms with Crippen LogP contribution >= 0.6 is 0 Å². The Kier molecular flexibility index (Phi) is 6.69. The molecule has 1 amide bonds. The molecular weight excluding hydrogens is 460 g/mol. The fourth-order valence-corrected chi connectivity index (χ4v) is 4.27. The predicted molar refractivity (Wildman–Crippen MR) is 125 cm³/mol. The number of fused-ring (bicyclic) bond motifs is 1. The molecular formula is C24H22N2O7S. The van der Waals surface area contributed by atoms with Crippen LogP contribution in [0.3, 0.4) is 0 Å². The summed E-state index contributed by atoms with van der Waals surface area (Å²) in [7, 11) is -3.89. The molecule has 10 heteroatoms. The Balaban J connectivity index is 1.34. The summed E-state index contributed by atoms with van der Waals surface area (Å²) in [5, 5.41) is 2.68. The minimum absolute atomic E-state index is 0.0138. The Labute approximate surface area is 196 Å². The fourth-order valence-electron chi connectivity index (χ4n) is 3.19. The first-order valence-corrected chi connectivity index (χ1v) is 11.9. The van der Waals surface area contributed by atoms with Crippen molar-refractivity contribution in [1.82, 2.24) is 0 Å². The molecule has 0 bridgehead atoms. The largest absolute Gasteiger partial charge is 0.486 e. The van der Waals surface area contributed by atoms with Crippen molar-refractivity contribution in [3.8, 4) is 11.5 Å². The van der Waals surface area contributed by atoms with Crippen molar-refractivity contribution in [3.05, 3.63) is 77.9 Å². The summed E-state index contributed by atoms with van der Waals surface area (Å²) in [6.07, 6.45) is 0. The number of anilines is 2. The van der Waals surface area contributed by atoms with E-state index in [0.717, 1.165) is 5.56 Å². The predicted octanol–water partition coefficient (Wildman–Crippen LogP) is 3.36. The third-order valence-electron chi connectivity index (χ3n) is 4.95. The summed E-state index contributed by atoms with van der Waals surface area (Å²) in [4.78, 5) is 24.3. The fraction of sp³-hybridized carbons (Fsp3) is 0.167. The van der Waals surface area contributed by atoms with Gasteiger partial charge in [-0.1, -0.05) is 18.2 Å². The summed E-state index contributed by atoms with van der Waals surface area (Å²) in [5.41, 5.74) is 1.95. The lowest BCUT2D eigenvalue weighted by Crippen LogP contribution is -2.21. The Morgan fingerprint density at radius 1 is 0.941 bits per heavy atom. The van der Waals surface area contributed by atoms with Gasteiger partial charge in [0.2, 0.25) is 0 Å². The SMILES string of the molecule is Cc1ccccc1NC(=O)COC(=O)c1ccc(NS(=O)(=O)c2ccc3c(c2)OCCO3)cc1. The molecule has 1 aliphatic rings. The van der Waals surface area contributed by atoms with E-state index in [1.165, 1.54) is 42.5 Å². The van der Waals surface area contributed by atoms with Gasteiger partial charge in [0.25, 0.3) is 15.9 Å². The molecule has 0 atom stereocenters. The summed E-state index contributed by atoms with van der Waals surface area (Å²) in [6.45, 7) is 2.15. The molecule has 34 heavy (non-hydrogen) atoms. The number of carbonyl (C=O) groups excluding carboxylic acids is 2. The zero-order valence-electron chi connectivity index (χ0n) is 18.2. The van der Waals surface area contributed by atoms with Crippen LogP contribution in [0.5, 0.6) is 11.5 Å². The number of para-hydroxylation sites is 1. The van der Waals surface area contributed by atoms with Crippen molar-refractivity contribution in [3.63, 3.8) is 0 Å². The van der Waals surface area contributed by atoms with Gasteiger partial charge in [-0.3, -0.25) is 9.52 Å². The van der Waals surface area contributed by atoms with E-state index < -0.39 is 28.5 Å². The molecule has 0 aliphatic carbocycles. The average Bonchev–Trinajstić information content (AvgIpc) is 2.84. The number of amides is 1. The monoisotopic (exact) mass is 482 g/mol. The molecule has 9 nitrogen and oxygen atoms in total. The second-order valence-corrected chi connectivity index (χ2v) is 9.11. The number of rotatable bonds is 7. The number of hydrogen-bond acceptors (Lipinski definition) is 7. The maximum atomic E-state index is 12.7. The molecule has 0 unspecified atom stereocenters. The van der Waals surface area contributed by atoms with Crippen LogP contribution in [-0.2, 0) is 19.6 Å². The number of sulfonamides is 1. The van der Waals surface area contributed by atoms with Gasteiger partial charge in [-0.2, -0.15) is 0 Å². The van der Waals surface area contributed by atoms with Gasteiger partial charge in [-0.25, -0.2) is 13.2 Å².